The summed E-state index contributed by atoms with van der Waals surface area (Å²) in [4.78, 5) is 14.7. The lowest BCUT2D eigenvalue weighted by Crippen LogP contribution is -2.38. The van der Waals surface area contributed by atoms with Crippen molar-refractivity contribution < 1.29 is 4.79 Å². The summed E-state index contributed by atoms with van der Waals surface area (Å²) in [5, 5.41) is 9.65. The fourth-order valence-electron chi connectivity index (χ4n) is 3.19. The first-order valence-corrected chi connectivity index (χ1v) is 9.97. The van der Waals surface area contributed by atoms with Gasteiger partial charge in [-0.25, -0.2) is 0 Å². The topological polar surface area (TPSA) is 51.0 Å². The van der Waals surface area contributed by atoms with Crippen molar-refractivity contribution in [2.24, 2.45) is 0 Å². The number of halogens is 1. The van der Waals surface area contributed by atoms with E-state index in [-0.39, 0.29) is 18.0 Å². The highest BCUT2D eigenvalue weighted by atomic mass is 35.5. The first-order valence-electron chi connectivity index (χ1n) is 8.61. The zero-order valence-corrected chi connectivity index (χ0v) is 16.1. The molecule has 1 atom stereocenters. The van der Waals surface area contributed by atoms with E-state index in [4.69, 9.17) is 11.6 Å². The molecule has 0 spiro atoms. The molecule has 1 aromatic heterocycles. The molecule has 5 nitrogen and oxygen atoms in total. The van der Waals surface area contributed by atoms with E-state index in [0.29, 0.717) is 5.75 Å². The van der Waals surface area contributed by atoms with Crippen LogP contribution in [0.5, 0.6) is 0 Å². The van der Waals surface area contributed by atoms with Gasteiger partial charge in [-0.05, 0) is 44.7 Å². The maximum Gasteiger partial charge on any atom is 0.233 e. The Hall–Kier alpha value is -1.53. The third-order valence-electron chi connectivity index (χ3n) is 4.53. The fourth-order valence-corrected chi connectivity index (χ4v) is 4.34. The Kier molecular flexibility index (Phi) is 6.02. The lowest BCUT2D eigenvalue weighted by Gasteiger charge is -2.25. The molecule has 25 heavy (non-hydrogen) atoms. The highest BCUT2D eigenvalue weighted by Crippen LogP contribution is 2.26. The van der Waals surface area contributed by atoms with Gasteiger partial charge in [0.2, 0.25) is 5.91 Å². The van der Waals surface area contributed by atoms with Gasteiger partial charge in [-0.1, -0.05) is 41.6 Å². The lowest BCUT2D eigenvalue weighted by molar-refractivity contribution is -0.129. The highest BCUT2D eigenvalue weighted by molar-refractivity contribution is 7.99. The molecule has 0 bridgehead atoms. The maximum atomic E-state index is 12.7. The SMILES string of the molecule is CC(C)n1cnnc1SCC(=O)N1CCCC1Cc1ccccc1Cl. The van der Waals surface area contributed by atoms with Gasteiger partial charge in [0.05, 0.1) is 5.75 Å². The largest absolute Gasteiger partial charge is 0.339 e. The molecule has 1 aliphatic heterocycles. The Morgan fingerprint density at radius 2 is 2.20 bits per heavy atom. The number of rotatable bonds is 6. The van der Waals surface area contributed by atoms with Crippen molar-refractivity contribution in [2.45, 2.75) is 50.4 Å². The number of carbonyl (C=O) groups is 1. The zero-order chi connectivity index (χ0) is 17.8. The van der Waals surface area contributed by atoms with Crippen LogP contribution in [0.2, 0.25) is 5.02 Å². The number of hydrogen-bond acceptors (Lipinski definition) is 4. The summed E-state index contributed by atoms with van der Waals surface area (Å²) in [6.45, 7) is 4.98. The van der Waals surface area contributed by atoms with Gasteiger partial charge in [-0.15, -0.1) is 10.2 Å². The van der Waals surface area contributed by atoms with E-state index in [9.17, 15) is 4.79 Å². The van der Waals surface area contributed by atoms with Gasteiger partial charge in [-0.3, -0.25) is 4.79 Å². The number of amides is 1. The molecule has 1 amide bonds. The van der Waals surface area contributed by atoms with E-state index >= 15 is 0 Å². The average Bonchev–Trinajstić information content (AvgIpc) is 3.24. The van der Waals surface area contributed by atoms with Gasteiger partial charge < -0.3 is 9.47 Å². The van der Waals surface area contributed by atoms with Gasteiger partial charge in [0, 0.05) is 23.7 Å². The third-order valence-corrected chi connectivity index (χ3v) is 5.84. The number of nitrogens with zero attached hydrogens (tertiary/aromatic N) is 4. The highest BCUT2D eigenvalue weighted by Gasteiger charge is 2.29. The molecule has 2 heterocycles. The van der Waals surface area contributed by atoms with Crippen LogP contribution in [0.3, 0.4) is 0 Å². The van der Waals surface area contributed by atoms with Gasteiger partial charge in [0.25, 0.3) is 0 Å². The number of carbonyl (C=O) groups excluding carboxylic acids is 1. The van der Waals surface area contributed by atoms with E-state index in [2.05, 4.69) is 24.0 Å². The van der Waals surface area contributed by atoms with Crippen molar-refractivity contribution >= 4 is 29.3 Å². The second-order valence-electron chi connectivity index (χ2n) is 6.58. The number of benzene rings is 1. The molecule has 7 heteroatoms. The minimum absolute atomic E-state index is 0.165. The van der Waals surface area contributed by atoms with Crippen molar-refractivity contribution in [3.63, 3.8) is 0 Å². The summed E-state index contributed by atoms with van der Waals surface area (Å²) in [6.07, 6.45) is 4.61. The van der Waals surface area contributed by atoms with Crippen molar-refractivity contribution in [3.8, 4) is 0 Å². The van der Waals surface area contributed by atoms with E-state index in [0.717, 1.165) is 41.5 Å². The quantitative estimate of drug-likeness (QED) is 0.716. The normalized spacial score (nSPS) is 17.4. The average molecular weight is 379 g/mol. The van der Waals surface area contributed by atoms with Crippen LogP contribution in [0.15, 0.2) is 35.7 Å². The molecule has 2 aromatic rings. The Morgan fingerprint density at radius 3 is 2.96 bits per heavy atom. The van der Waals surface area contributed by atoms with Crippen LogP contribution in [0.4, 0.5) is 0 Å². The monoisotopic (exact) mass is 378 g/mol. The molecule has 134 valence electrons. The van der Waals surface area contributed by atoms with Crippen molar-refractivity contribution in [1.29, 1.82) is 0 Å². The predicted octanol–water partition coefficient (Wildman–Crippen LogP) is 3.84. The fraction of sp³-hybridized carbons (Fsp3) is 0.500. The smallest absolute Gasteiger partial charge is 0.233 e. The summed E-state index contributed by atoms with van der Waals surface area (Å²) in [5.74, 6) is 0.558. The van der Waals surface area contributed by atoms with Crippen LogP contribution in [0.1, 0.15) is 38.3 Å². The van der Waals surface area contributed by atoms with Crippen LogP contribution in [0, 0.1) is 0 Å². The minimum atomic E-state index is 0.165. The van der Waals surface area contributed by atoms with E-state index in [1.54, 1.807) is 6.33 Å². The van der Waals surface area contributed by atoms with Crippen molar-refractivity contribution in [1.82, 2.24) is 19.7 Å². The molecule has 1 unspecified atom stereocenters. The summed E-state index contributed by atoms with van der Waals surface area (Å²) in [7, 11) is 0. The molecule has 0 aliphatic carbocycles. The molecule has 0 N–H and O–H groups in total. The van der Waals surface area contributed by atoms with Crippen LogP contribution >= 0.6 is 23.4 Å². The molecule has 1 aromatic carbocycles. The standard InChI is InChI=1S/C18H23ClN4OS/c1-13(2)23-12-20-21-18(23)25-11-17(24)22-9-5-7-15(22)10-14-6-3-4-8-16(14)19/h3-4,6,8,12-13,15H,5,7,9-11H2,1-2H3. The molecule has 1 aliphatic rings. The summed E-state index contributed by atoms with van der Waals surface area (Å²) in [5.41, 5.74) is 1.11. The minimum Gasteiger partial charge on any atom is -0.339 e. The van der Waals surface area contributed by atoms with E-state index in [1.165, 1.54) is 11.8 Å². The van der Waals surface area contributed by atoms with E-state index < -0.39 is 0 Å². The number of thioether (sulfide) groups is 1. The summed E-state index contributed by atoms with van der Waals surface area (Å²) < 4.78 is 1.99. The Morgan fingerprint density at radius 1 is 1.40 bits per heavy atom. The Bertz CT molecular complexity index is 733. The second kappa shape index (κ2) is 8.23. The number of hydrogen-bond donors (Lipinski definition) is 0. The van der Waals surface area contributed by atoms with Crippen LogP contribution < -0.4 is 0 Å². The van der Waals surface area contributed by atoms with Crippen molar-refractivity contribution in [2.75, 3.05) is 12.3 Å². The van der Waals surface area contributed by atoms with Gasteiger partial charge in [0.15, 0.2) is 5.16 Å². The van der Waals surface area contributed by atoms with Gasteiger partial charge >= 0.3 is 0 Å². The summed E-state index contributed by atoms with van der Waals surface area (Å²) in [6, 6.07) is 8.40. The Labute approximate surface area is 157 Å². The molecule has 3 rings (SSSR count). The van der Waals surface area contributed by atoms with Crippen molar-refractivity contribution in [3.05, 3.63) is 41.2 Å². The molecular weight excluding hydrogens is 356 g/mol. The molecule has 1 saturated heterocycles. The van der Waals surface area contributed by atoms with Gasteiger partial charge in [0.1, 0.15) is 6.33 Å². The van der Waals surface area contributed by atoms with Crippen LogP contribution in [0.25, 0.3) is 0 Å². The molecule has 1 fully saturated rings. The summed E-state index contributed by atoms with van der Waals surface area (Å²) >= 11 is 7.74. The first-order chi connectivity index (χ1) is 12.1. The molecule has 0 radical (unpaired) electrons. The maximum absolute atomic E-state index is 12.7. The molecular formula is C18H23ClN4OS. The first kappa shape index (κ1) is 18.3. The number of likely N-dealkylation sites (tertiary alicyclic amines) is 1. The lowest BCUT2D eigenvalue weighted by atomic mass is 10.0. The Balaban J connectivity index is 1.61. The van der Waals surface area contributed by atoms with Gasteiger partial charge in [-0.2, -0.15) is 0 Å². The second-order valence-corrected chi connectivity index (χ2v) is 7.93. The number of aromatic nitrogens is 3. The van der Waals surface area contributed by atoms with E-state index in [1.807, 2.05) is 33.7 Å². The molecule has 0 saturated carbocycles. The third kappa shape index (κ3) is 4.36. The van der Waals surface area contributed by atoms with Crippen LogP contribution in [-0.4, -0.2) is 43.9 Å². The predicted molar refractivity (Wildman–Crippen MR) is 101 cm³/mol. The van der Waals surface area contributed by atoms with Crippen LogP contribution in [-0.2, 0) is 11.2 Å². The zero-order valence-electron chi connectivity index (χ0n) is 14.6.